The number of aromatic nitrogens is 2. The van der Waals surface area contributed by atoms with Gasteiger partial charge in [0, 0.05) is 28.2 Å². The van der Waals surface area contributed by atoms with Crippen LogP contribution in [0.1, 0.15) is 24.8 Å². The Morgan fingerprint density at radius 3 is 2.70 bits per heavy atom. The fourth-order valence-corrected chi connectivity index (χ4v) is 4.37. The minimum absolute atomic E-state index is 0.566. The third-order valence-corrected chi connectivity index (χ3v) is 6.10. The van der Waals surface area contributed by atoms with Gasteiger partial charge in [-0.3, -0.25) is 4.72 Å². The number of rotatable bonds is 6. The lowest BCUT2D eigenvalue weighted by Gasteiger charge is -2.30. The van der Waals surface area contributed by atoms with Gasteiger partial charge in [0.1, 0.15) is 11.3 Å². The Labute approximate surface area is 163 Å². The lowest BCUT2D eigenvalue weighted by atomic mass is 9.87. The standard InChI is InChI=1S/C21H25FN4S/c1-23-27-17-4-2-15(3-5-17)18-14-26-20-19(18)16(7-11-25-20)6-8-21(22)9-12-24-13-10-21/h2-5,7,11,14,23-24H,6,8-10,12-13H2,1H3,(H,25,26). The molecule has 0 spiro atoms. The van der Waals surface area contributed by atoms with Gasteiger partial charge in [-0.05, 0) is 87.1 Å². The summed E-state index contributed by atoms with van der Waals surface area (Å²) in [7, 11) is 1.91. The molecule has 4 rings (SSSR count). The highest BCUT2D eigenvalue weighted by molar-refractivity contribution is 7.97. The van der Waals surface area contributed by atoms with E-state index < -0.39 is 5.67 Å². The summed E-state index contributed by atoms with van der Waals surface area (Å²) in [5, 5.41) is 4.36. The first-order chi connectivity index (χ1) is 13.2. The van der Waals surface area contributed by atoms with E-state index in [9.17, 15) is 0 Å². The van der Waals surface area contributed by atoms with Crippen molar-refractivity contribution in [3.8, 4) is 11.1 Å². The fourth-order valence-electron chi connectivity index (χ4n) is 3.86. The molecule has 3 heterocycles. The van der Waals surface area contributed by atoms with Crippen molar-refractivity contribution in [3.05, 3.63) is 48.3 Å². The number of piperidine rings is 1. The Morgan fingerprint density at radius 1 is 1.19 bits per heavy atom. The number of benzene rings is 1. The zero-order chi connectivity index (χ0) is 18.7. The minimum Gasteiger partial charge on any atom is -0.346 e. The zero-order valence-electron chi connectivity index (χ0n) is 15.5. The summed E-state index contributed by atoms with van der Waals surface area (Å²) in [5.41, 5.74) is 3.26. The van der Waals surface area contributed by atoms with Gasteiger partial charge in [-0.15, -0.1) is 0 Å². The molecule has 3 N–H and O–H groups in total. The second-order valence-electron chi connectivity index (χ2n) is 7.13. The van der Waals surface area contributed by atoms with Crippen LogP contribution in [0.5, 0.6) is 0 Å². The number of alkyl halides is 1. The van der Waals surface area contributed by atoms with Crippen LogP contribution in [0.3, 0.4) is 0 Å². The fraction of sp³-hybridized carbons (Fsp3) is 0.381. The Hall–Kier alpha value is -1.89. The quantitative estimate of drug-likeness (QED) is 0.549. The topological polar surface area (TPSA) is 52.7 Å². The molecule has 1 aliphatic rings. The summed E-state index contributed by atoms with van der Waals surface area (Å²) < 4.78 is 18.1. The molecule has 2 aromatic heterocycles. The third-order valence-electron chi connectivity index (χ3n) is 5.39. The highest BCUT2D eigenvalue weighted by Gasteiger charge is 2.31. The molecule has 0 aliphatic carbocycles. The van der Waals surface area contributed by atoms with Gasteiger partial charge in [0.25, 0.3) is 0 Å². The van der Waals surface area contributed by atoms with E-state index in [1.807, 2.05) is 25.5 Å². The summed E-state index contributed by atoms with van der Waals surface area (Å²) in [6.45, 7) is 1.54. The maximum absolute atomic E-state index is 15.1. The second kappa shape index (κ2) is 8.00. The van der Waals surface area contributed by atoms with Gasteiger partial charge < -0.3 is 10.3 Å². The van der Waals surface area contributed by atoms with Crippen LogP contribution in [0.15, 0.2) is 47.6 Å². The van der Waals surface area contributed by atoms with Crippen LogP contribution in [0.25, 0.3) is 22.2 Å². The number of halogens is 1. The number of aryl methyl sites for hydroxylation is 1. The predicted octanol–water partition coefficient (Wildman–Crippen LogP) is 4.48. The Kier molecular flexibility index (Phi) is 5.48. The van der Waals surface area contributed by atoms with Crippen LogP contribution in [-0.2, 0) is 6.42 Å². The molecule has 0 radical (unpaired) electrons. The SMILES string of the molecule is CNSc1ccc(-c2c[nH]c3nccc(CCC4(F)CCNCC4)c23)cc1. The van der Waals surface area contributed by atoms with E-state index in [0.29, 0.717) is 19.3 Å². The van der Waals surface area contributed by atoms with Gasteiger partial charge in [0.05, 0.1) is 0 Å². The van der Waals surface area contributed by atoms with Gasteiger partial charge in [0.2, 0.25) is 0 Å². The average Bonchev–Trinajstić information content (AvgIpc) is 3.13. The normalized spacial score (nSPS) is 16.7. The van der Waals surface area contributed by atoms with Crippen molar-refractivity contribution >= 4 is 23.0 Å². The molecule has 3 aromatic rings. The van der Waals surface area contributed by atoms with Gasteiger partial charge >= 0.3 is 0 Å². The summed E-state index contributed by atoms with van der Waals surface area (Å²) in [6, 6.07) is 10.5. The lowest BCUT2D eigenvalue weighted by Crippen LogP contribution is -2.38. The first-order valence-electron chi connectivity index (χ1n) is 9.47. The maximum Gasteiger partial charge on any atom is 0.138 e. The van der Waals surface area contributed by atoms with Gasteiger partial charge in [-0.25, -0.2) is 9.37 Å². The molecule has 4 nitrogen and oxygen atoms in total. The van der Waals surface area contributed by atoms with E-state index >= 15 is 4.39 Å². The van der Waals surface area contributed by atoms with Crippen molar-refractivity contribution in [2.75, 3.05) is 20.1 Å². The van der Waals surface area contributed by atoms with Gasteiger partial charge in [0.15, 0.2) is 0 Å². The summed E-state index contributed by atoms with van der Waals surface area (Å²) in [5.74, 6) is 0. The second-order valence-corrected chi connectivity index (χ2v) is 8.21. The van der Waals surface area contributed by atoms with E-state index in [1.165, 1.54) is 10.5 Å². The Morgan fingerprint density at radius 2 is 1.96 bits per heavy atom. The van der Waals surface area contributed by atoms with Gasteiger partial charge in [-0.1, -0.05) is 12.1 Å². The van der Waals surface area contributed by atoms with Crippen LogP contribution in [0.2, 0.25) is 0 Å². The van der Waals surface area contributed by atoms with Crippen molar-refractivity contribution in [3.63, 3.8) is 0 Å². The number of hydrogen-bond donors (Lipinski definition) is 3. The van der Waals surface area contributed by atoms with Crippen molar-refractivity contribution in [2.45, 2.75) is 36.2 Å². The molecule has 142 valence electrons. The molecule has 6 heteroatoms. The van der Waals surface area contributed by atoms with Crippen LogP contribution in [0, 0.1) is 0 Å². The number of H-pyrrole nitrogens is 1. The average molecular weight is 385 g/mol. The molecule has 0 bridgehead atoms. The lowest BCUT2D eigenvalue weighted by molar-refractivity contribution is 0.105. The molecule has 1 aliphatic heterocycles. The molecule has 1 aromatic carbocycles. The van der Waals surface area contributed by atoms with Crippen molar-refractivity contribution in [1.82, 2.24) is 20.0 Å². The monoisotopic (exact) mass is 384 g/mol. The van der Waals surface area contributed by atoms with E-state index in [-0.39, 0.29) is 0 Å². The van der Waals surface area contributed by atoms with Crippen LogP contribution >= 0.6 is 11.9 Å². The largest absolute Gasteiger partial charge is 0.346 e. The Balaban J connectivity index is 1.63. The number of aromatic amines is 1. The Bertz CT molecular complexity index is 900. The number of nitrogens with one attached hydrogen (secondary N) is 3. The minimum atomic E-state index is -1.05. The molecule has 0 unspecified atom stereocenters. The van der Waals surface area contributed by atoms with E-state index in [4.69, 9.17) is 0 Å². The number of hydrogen-bond acceptors (Lipinski definition) is 4. The molecule has 27 heavy (non-hydrogen) atoms. The van der Waals surface area contributed by atoms with E-state index in [0.717, 1.165) is 41.7 Å². The summed E-state index contributed by atoms with van der Waals surface area (Å²) >= 11 is 1.59. The number of nitrogens with zero attached hydrogens (tertiary/aromatic N) is 1. The van der Waals surface area contributed by atoms with Crippen LogP contribution in [0.4, 0.5) is 4.39 Å². The highest BCUT2D eigenvalue weighted by atomic mass is 32.2. The first kappa shape index (κ1) is 18.5. The molecular formula is C21H25FN4S. The number of pyridine rings is 1. The maximum atomic E-state index is 15.1. The molecule has 1 saturated heterocycles. The van der Waals surface area contributed by atoms with Gasteiger partial charge in [-0.2, -0.15) is 0 Å². The molecule has 0 atom stereocenters. The van der Waals surface area contributed by atoms with E-state index in [1.54, 1.807) is 11.9 Å². The zero-order valence-corrected chi connectivity index (χ0v) is 16.3. The van der Waals surface area contributed by atoms with Crippen molar-refractivity contribution in [1.29, 1.82) is 0 Å². The predicted molar refractivity (Wildman–Crippen MR) is 111 cm³/mol. The molecular weight excluding hydrogens is 359 g/mol. The van der Waals surface area contributed by atoms with Crippen molar-refractivity contribution in [2.24, 2.45) is 0 Å². The summed E-state index contributed by atoms with van der Waals surface area (Å²) in [4.78, 5) is 8.93. The third kappa shape index (κ3) is 4.03. The molecule has 1 fully saturated rings. The van der Waals surface area contributed by atoms with E-state index in [2.05, 4.69) is 44.3 Å². The molecule has 0 saturated carbocycles. The van der Waals surface area contributed by atoms with Crippen molar-refractivity contribution < 1.29 is 4.39 Å². The number of fused-ring (bicyclic) bond motifs is 1. The van der Waals surface area contributed by atoms with Crippen LogP contribution < -0.4 is 10.0 Å². The summed E-state index contributed by atoms with van der Waals surface area (Å²) in [6.07, 6.45) is 6.33. The highest BCUT2D eigenvalue weighted by Crippen LogP contribution is 2.34. The molecule has 0 amide bonds. The smallest absolute Gasteiger partial charge is 0.138 e. The first-order valence-corrected chi connectivity index (χ1v) is 10.3. The van der Waals surface area contributed by atoms with Crippen LogP contribution in [-0.4, -0.2) is 35.8 Å².